The molecule has 0 saturated carbocycles. The summed E-state index contributed by atoms with van der Waals surface area (Å²) < 4.78 is 6.05. The smallest absolute Gasteiger partial charge is 0.224 e. The molecule has 3 aromatic heterocycles. The molecule has 0 N–H and O–H groups in total. The molecular formula is C23H19N7O. The summed E-state index contributed by atoms with van der Waals surface area (Å²) in [5.41, 5.74) is 1.39. The van der Waals surface area contributed by atoms with Gasteiger partial charge in [0.1, 0.15) is 29.5 Å². The van der Waals surface area contributed by atoms with Crippen molar-refractivity contribution in [3.8, 4) is 17.7 Å². The van der Waals surface area contributed by atoms with Gasteiger partial charge in [-0.2, -0.15) is 5.26 Å². The van der Waals surface area contributed by atoms with Crippen molar-refractivity contribution in [3.05, 3.63) is 72.8 Å². The molecule has 8 heteroatoms. The van der Waals surface area contributed by atoms with Gasteiger partial charge in [-0.1, -0.05) is 18.2 Å². The van der Waals surface area contributed by atoms with Crippen LogP contribution in [0.4, 0.5) is 11.6 Å². The summed E-state index contributed by atoms with van der Waals surface area (Å²) >= 11 is 0. The summed E-state index contributed by atoms with van der Waals surface area (Å²) in [4.78, 5) is 21.8. The van der Waals surface area contributed by atoms with Crippen LogP contribution in [0.25, 0.3) is 10.9 Å². The molecule has 4 aromatic rings. The van der Waals surface area contributed by atoms with Gasteiger partial charge in [-0.15, -0.1) is 0 Å². The second-order valence-corrected chi connectivity index (χ2v) is 7.11. The van der Waals surface area contributed by atoms with E-state index in [1.165, 1.54) is 6.33 Å². The molecule has 0 aliphatic carbocycles. The van der Waals surface area contributed by atoms with E-state index >= 15 is 0 Å². The molecule has 0 spiro atoms. The Balaban J connectivity index is 1.32. The van der Waals surface area contributed by atoms with Gasteiger partial charge in [0.05, 0.1) is 5.56 Å². The SMILES string of the molecule is N#Cc1cccnc1N1CCN(c2cc(Oc3cccc4cccnc34)ncn2)CC1. The number of hydrogen-bond donors (Lipinski definition) is 0. The largest absolute Gasteiger partial charge is 0.437 e. The van der Waals surface area contributed by atoms with Crippen LogP contribution in [0.5, 0.6) is 11.6 Å². The third-order valence-corrected chi connectivity index (χ3v) is 5.25. The first kappa shape index (κ1) is 18.8. The number of hydrogen-bond acceptors (Lipinski definition) is 8. The van der Waals surface area contributed by atoms with Crippen molar-refractivity contribution in [2.75, 3.05) is 36.0 Å². The molecule has 1 aliphatic rings. The maximum absolute atomic E-state index is 9.33. The molecule has 1 aliphatic heterocycles. The van der Waals surface area contributed by atoms with E-state index in [1.54, 1.807) is 24.5 Å². The minimum absolute atomic E-state index is 0.474. The Morgan fingerprint density at radius 3 is 2.48 bits per heavy atom. The van der Waals surface area contributed by atoms with Crippen molar-refractivity contribution >= 4 is 22.5 Å². The van der Waals surface area contributed by atoms with Crippen LogP contribution in [0.2, 0.25) is 0 Å². The van der Waals surface area contributed by atoms with Crippen LogP contribution in [-0.4, -0.2) is 46.1 Å². The van der Waals surface area contributed by atoms with Gasteiger partial charge >= 0.3 is 0 Å². The van der Waals surface area contributed by atoms with Crippen LogP contribution >= 0.6 is 0 Å². The van der Waals surface area contributed by atoms with Crippen molar-refractivity contribution in [1.82, 2.24) is 19.9 Å². The second kappa shape index (κ2) is 8.24. The number of anilines is 2. The highest BCUT2D eigenvalue weighted by Crippen LogP contribution is 2.29. The Morgan fingerprint density at radius 1 is 0.839 bits per heavy atom. The predicted molar refractivity (Wildman–Crippen MR) is 117 cm³/mol. The number of ether oxygens (including phenoxy) is 1. The molecule has 0 bridgehead atoms. The fourth-order valence-electron chi connectivity index (χ4n) is 3.71. The molecule has 4 heterocycles. The van der Waals surface area contributed by atoms with Crippen LogP contribution in [-0.2, 0) is 0 Å². The molecule has 0 unspecified atom stereocenters. The summed E-state index contributed by atoms with van der Waals surface area (Å²) in [6, 6.07) is 17.4. The summed E-state index contributed by atoms with van der Waals surface area (Å²) in [6.45, 7) is 3.01. The zero-order valence-corrected chi connectivity index (χ0v) is 16.7. The third kappa shape index (κ3) is 3.81. The van der Waals surface area contributed by atoms with Crippen molar-refractivity contribution in [1.29, 1.82) is 5.26 Å². The number of para-hydroxylation sites is 1. The Bertz CT molecular complexity index is 1260. The van der Waals surface area contributed by atoms with E-state index in [0.29, 0.717) is 17.2 Å². The molecular weight excluding hydrogens is 390 g/mol. The van der Waals surface area contributed by atoms with Crippen LogP contribution in [0.15, 0.2) is 67.3 Å². The minimum Gasteiger partial charge on any atom is -0.437 e. The number of aromatic nitrogens is 4. The van der Waals surface area contributed by atoms with Gasteiger partial charge in [0, 0.05) is 50.0 Å². The van der Waals surface area contributed by atoms with Crippen molar-refractivity contribution < 1.29 is 4.74 Å². The van der Waals surface area contributed by atoms with Crippen molar-refractivity contribution in [2.24, 2.45) is 0 Å². The van der Waals surface area contributed by atoms with Crippen LogP contribution in [0.1, 0.15) is 5.56 Å². The number of benzene rings is 1. The first-order chi connectivity index (χ1) is 15.3. The summed E-state index contributed by atoms with van der Waals surface area (Å²) in [5, 5.41) is 10.3. The number of rotatable bonds is 4. The number of fused-ring (bicyclic) bond motifs is 1. The average molecular weight is 409 g/mol. The lowest BCUT2D eigenvalue weighted by atomic mass is 10.2. The van der Waals surface area contributed by atoms with Gasteiger partial charge in [-0.05, 0) is 24.3 Å². The molecule has 0 atom stereocenters. The van der Waals surface area contributed by atoms with Gasteiger partial charge < -0.3 is 14.5 Å². The monoisotopic (exact) mass is 409 g/mol. The Morgan fingerprint density at radius 2 is 1.61 bits per heavy atom. The van der Waals surface area contributed by atoms with Crippen LogP contribution in [0, 0.1) is 11.3 Å². The lowest BCUT2D eigenvalue weighted by Gasteiger charge is -2.36. The highest BCUT2D eigenvalue weighted by molar-refractivity contribution is 5.84. The molecule has 0 radical (unpaired) electrons. The van der Waals surface area contributed by atoms with E-state index < -0.39 is 0 Å². The van der Waals surface area contributed by atoms with E-state index in [2.05, 4.69) is 35.8 Å². The predicted octanol–water partition coefficient (Wildman–Crippen LogP) is 3.41. The topological polar surface area (TPSA) is 91.1 Å². The third-order valence-electron chi connectivity index (χ3n) is 5.25. The van der Waals surface area contributed by atoms with Crippen LogP contribution < -0.4 is 14.5 Å². The lowest BCUT2D eigenvalue weighted by Crippen LogP contribution is -2.47. The quantitative estimate of drug-likeness (QED) is 0.506. The highest BCUT2D eigenvalue weighted by atomic mass is 16.5. The lowest BCUT2D eigenvalue weighted by molar-refractivity contribution is 0.465. The summed E-state index contributed by atoms with van der Waals surface area (Å²) in [5.74, 6) is 2.67. The number of nitrogens with zero attached hydrogens (tertiary/aromatic N) is 7. The average Bonchev–Trinajstić information content (AvgIpc) is 2.84. The number of piperazine rings is 1. The molecule has 8 nitrogen and oxygen atoms in total. The number of pyridine rings is 2. The molecule has 5 rings (SSSR count). The number of nitriles is 1. The van der Waals surface area contributed by atoms with Crippen molar-refractivity contribution in [3.63, 3.8) is 0 Å². The zero-order chi connectivity index (χ0) is 21.0. The normalized spacial score (nSPS) is 13.8. The summed E-state index contributed by atoms with van der Waals surface area (Å²) in [6.07, 6.45) is 4.99. The van der Waals surface area contributed by atoms with Gasteiger partial charge in [0.15, 0.2) is 5.75 Å². The Hall–Kier alpha value is -4.25. The van der Waals surface area contributed by atoms with Gasteiger partial charge in [0.25, 0.3) is 0 Å². The fourth-order valence-corrected chi connectivity index (χ4v) is 3.71. The van der Waals surface area contributed by atoms with Crippen LogP contribution in [0.3, 0.4) is 0 Å². The minimum atomic E-state index is 0.474. The van der Waals surface area contributed by atoms with E-state index in [1.807, 2.05) is 36.4 Å². The molecule has 1 aromatic carbocycles. The molecule has 1 fully saturated rings. The van der Waals surface area contributed by atoms with E-state index in [9.17, 15) is 5.26 Å². The molecule has 1 saturated heterocycles. The second-order valence-electron chi connectivity index (χ2n) is 7.11. The fraction of sp³-hybridized carbons (Fsp3) is 0.174. The van der Waals surface area contributed by atoms with Crippen molar-refractivity contribution in [2.45, 2.75) is 0 Å². The first-order valence-corrected chi connectivity index (χ1v) is 10.0. The van der Waals surface area contributed by atoms with Gasteiger partial charge in [-0.25, -0.2) is 15.0 Å². The molecule has 0 amide bonds. The molecule has 152 valence electrons. The van der Waals surface area contributed by atoms with E-state index in [0.717, 1.165) is 48.7 Å². The standard InChI is InChI=1S/C23H19N7O/c24-15-18-6-3-9-26-23(18)30-12-10-29(11-13-30)20-14-21(28-16-27-20)31-19-7-1-4-17-5-2-8-25-22(17)19/h1-9,14,16H,10-13H2. The Kier molecular flexibility index (Phi) is 4.99. The summed E-state index contributed by atoms with van der Waals surface area (Å²) in [7, 11) is 0. The van der Waals surface area contributed by atoms with E-state index in [4.69, 9.17) is 4.74 Å². The maximum Gasteiger partial charge on any atom is 0.224 e. The zero-order valence-electron chi connectivity index (χ0n) is 16.7. The van der Waals surface area contributed by atoms with Gasteiger partial charge in [-0.3, -0.25) is 4.98 Å². The van der Waals surface area contributed by atoms with E-state index in [-0.39, 0.29) is 0 Å². The highest BCUT2D eigenvalue weighted by Gasteiger charge is 2.21. The maximum atomic E-state index is 9.33. The van der Waals surface area contributed by atoms with Gasteiger partial charge in [0.2, 0.25) is 5.88 Å². The molecule has 31 heavy (non-hydrogen) atoms. The first-order valence-electron chi connectivity index (χ1n) is 10.0. The Labute approximate surface area is 179 Å².